The summed E-state index contributed by atoms with van der Waals surface area (Å²) >= 11 is 0. The highest BCUT2D eigenvalue weighted by Gasteiger charge is 2.16. The third kappa shape index (κ3) is 9.68. The zero-order valence-corrected chi connectivity index (χ0v) is 26.9. The van der Waals surface area contributed by atoms with E-state index in [-0.39, 0.29) is 11.9 Å². The van der Waals surface area contributed by atoms with Crippen LogP contribution < -0.4 is 19.5 Å². The molecule has 7 nitrogen and oxygen atoms in total. The molecule has 5 aromatic rings. The van der Waals surface area contributed by atoms with Gasteiger partial charge in [-0.25, -0.2) is 0 Å². The first-order valence-electron chi connectivity index (χ1n) is 15.3. The van der Waals surface area contributed by atoms with Gasteiger partial charge in [0.2, 0.25) is 5.91 Å². The Labute approximate surface area is 271 Å². The molecule has 1 atom stereocenters. The Hall–Kier alpha value is -5.14. The van der Waals surface area contributed by atoms with E-state index in [1.54, 1.807) is 45.6 Å². The smallest absolute Gasteiger partial charge is 0.224 e. The van der Waals surface area contributed by atoms with Gasteiger partial charge in [-0.1, -0.05) is 66.7 Å². The summed E-state index contributed by atoms with van der Waals surface area (Å²) in [6, 6.07) is 37.6. The van der Waals surface area contributed by atoms with E-state index < -0.39 is 0 Å². The molecule has 0 aliphatic rings. The molecule has 0 fully saturated rings. The molecule has 0 aliphatic heterocycles. The first kappa shape index (κ1) is 33.7. The quantitative estimate of drug-likeness (QED) is 0.137. The van der Waals surface area contributed by atoms with Crippen LogP contribution in [0.1, 0.15) is 46.4 Å². The summed E-state index contributed by atoms with van der Waals surface area (Å²) in [4.78, 5) is 25.4. The van der Waals surface area contributed by atoms with Crippen molar-refractivity contribution in [2.75, 3.05) is 27.9 Å². The molecule has 1 amide bonds. The zero-order chi connectivity index (χ0) is 32.7. The highest BCUT2D eigenvalue weighted by molar-refractivity contribution is 5.86. The summed E-state index contributed by atoms with van der Waals surface area (Å²) < 4.78 is 15.5. The summed E-state index contributed by atoms with van der Waals surface area (Å²) in [6.45, 7) is 3.82. The number of amides is 1. The first-order valence-corrected chi connectivity index (χ1v) is 15.3. The maximum Gasteiger partial charge on any atom is 0.224 e. The topological polar surface area (TPSA) is 77.1 Å². The summed E-state index contributed by atoms with van der Waals surface area (Å²) in [5, 5.41) is 6.02. The van der Waals surface area contributed by atoms with Crippen LogP contribution in [0.25, 0.3) is 10.8 Å². The fourth-order valence-electron chi connectivity index (χ4n) is 5.11. The second-order valence-corrected chi connectivity index (χ2v) is 10.8. The lowest BCUT2D eigenvalue weighted by Crippen LogP contribution is -2.33. The lowest BCUT2D eigenvalue weighted by Gasteiger charge is -2.24. The summed E-state index contributed by atoms with van der Waals surface area (Å²) in [6.07, 6.45) is 1.22. The number of aldehydes is 1. The highest BCUT2D eigenvalue weighted by Crippen LogP contribution is 2.24. The molecular weight excluding hydrogens is 576 g/mol. The van der Waals surface area contributed by atoms with Crippen molar-refractivity contribution in [3.8, 4) is 17.2 Å². The average molecular weight is 619 g/mol. The van der Waals surface area contributed by atoms with Gasteiger partial charge in [0.15, 0.2) is 0 Å². The van der Waals surface area contributed by atoms with E-state index >= 15 is 0 Å². The summed E-state index contributed by atoms with van der Waals surface area (Å²) in [7, 11) is 4.90. The molecule has 5 rings (SSSR count). The molecule has 5 aromatic carbocycles. The molecule has 0 saturated heterocycles. The van der Waals surface area contributed by atoms with Crippen molar-refractivity contribution in [3.05, 3.63) is 138 Å². The van der Waals surface area contributed by atoms with Crippen LogP contribution in [0.5, 0.6) is 17.2 Å². The minimum Gasteiger partial charge on any atom is -0.497 e. The monoisotopic (exact) mass is 618 g/mol. The van der Waals surface area contributed by atoms with Crippen molar-refractivity contribution in [2.45, 2.75) is 32.5 Å². The molecular formula is C39H42N2O5. The lowest BCUT2D eigenvalue weighted by atomic mass is 9.99. The molecule has 0 aliphatic carbocycles. The van der Waals surface area contributed by atoms with Crippen LogP contribution in [-0.2, 0) is 17.9 Å². The van der Waals surface area contributed by atoms with Gasteiger partial charge in [-0.3, -0.25) is 9.59 Å². The second-order valence-electron chi connectivity index (χ2n) is 10.8. The molecule has 238 valence electrons. The molecule has 0 unspecified atom stereocenters. The summed E-state index contributed by atoms with van der Waals surface area (Å²) in [5.74, 6) is 2.49. The third-order valence-corrected chi connectivity index (χ3v) is 7.75. The van der Waals surface area contributed by atoms with Crippen molar-refractivity contribution in [3.63, 3.8) is 0 Å². The number of fused-ring (bicyclic) bond motifs is 1. The zero-order valence-electron chi connectivity index (χ0n) is 26.9. The second kappa shape index (κ2) is 17.4. The van der Waals surface area contributed by atoms with Gasteiger partial charge in [0.1, 0.15) is 23.5 Å². The number of ether oxygens (including phenoxy) is 3. The molecule has 7 heteroatoms. The number of rotatable bonds is 13. The van der Waals surface area contributed by atoms with Crippen molar-refractivity contribution < 1.29 is 23.8 Å². The van der Waals surface area contributed by atoms with E-state index in [4.69, 9.17) is 14.2 Å². The van der Waals surface area contributed by atoms with Crippen LogP contribution in [-0.4, -0.2) is 45.0 Å². The fourth-order valence-corrected chi connectivity index (χ4v) is 5.11. The Morgan fingerprint density at radius 2 is 1.20 bits per heavy atom. The van der Waals surface area contributed by atoms with Crippen LogP contribution >= 0.6 is 0 Å². The van der Waals surface area contributed by atoms with Crippen molar-refractivity contribution in [1.82, 2.24) is 10.2 Å². The largest absolute Gasteiger partial charge is 0.497 e. The lowest BCUT2D eigenvalue weighted by molar-refractivity contribution is -0.132. The minimum absolute atomic E-state index is 0.110. The fraction of sp³-hybridized carbons (Fsp3) is 0.231. The molecule has 0 heterocycles. The predicted octanol–water partition coefficient (Wildman–Crippen LogP) is 7.63. The molecule has 0 aromatic heterocycles. The van der Waals surface area contributed by atoms with E-state index in [0.29, 0.717) is 31.6 Å². The van der Waals surface area contributed by atoms with E-state index in [1.165, 1.54) is 16.3 Å². The molecule has 0 radical (unpaired) electrons. The number of methoxy groups -OCH3 is 3. The number of hydrogen-bond donors (Lipinski definition) is 1. The van der Waals surface area contributed by atoms with Gasteiger partial charge in [-0.2, -0.15) is 0 Å². The van der Waals surface area contributed by atoms with Gasteiger partial charge < -0.3 is 24.4 Å². The maximum absolute atomic E-state index is 13.4. The first-order chi connectivity index (χ1) is 22.4. The van der Waals surface area contributed by atoms with Gasteiger partial charge in [-0.15, -0.1) is 0 Å². The van der Waals surface area contributed by atoms with Crippen LogP contribution in [0.15, 0.2) is 115 Å². The highest BCUT2D eigenvalue weighted by atomic mass is 16.5. The van der Waals surface area contributed by atoms with E-state index in [9.17, 15) is 9.59 Å². The number of nitrogens with one attached hydrogen (secondary N) is 1. The number of nitrogens with zero attached hydrogens (tertiary/aromatic N) is 1. The normalized spacial score (nSPS) is 11.1. The van der Waals surface area contributed by atoms with Crippen LogP contribution in [0.4, 0.5) is 0 Å². The molecule has 1 N–H and O–H groups in total. The van der Waals surface area contributed by atoms with E-state index in [2.05, 4.69) is 54.7 Å². The number of carbonyl (C=O) groups excluding carboxylic acids is 2. The Bertz CT molecular complexity index is 1610. The standard InChI is InChI=1S/C31H34N2O3.C8H8O2/c1-23(29-10-6-8-26-7-4-5-9-30(26)29)32-20-19-31(34)33(21-24-11-15-27(35-2)16-12-24)22-25-13-17-28(36-3)18-14-25;1-10-8-4-2-7(6-9)3-5-8/h4-18,23,32H,19-22H2,1-3H3;2-6H,1H3/t23-;/m1./s1. The number of carbonyl (C=O) groups is 2. The van der Waals surface area contributed by atoms with Gasteiger partial charge in [0.05, 0.1) is 21.3 Å². The Morgan fingerprint density at radius 3 is 1.72 bits per heavy atom. The predicted molar refractivity (Wildman–Crippen MR) is 184 cm³/mol. The molecule has 46 heavy (non-hydrogen) atoms. The van der Waals surface area contributed by atoms with Crippen molar-refractivity contribution in [1.29, 1.82) is 0 Å². The third-order valence-electron chi connectivity index (χ3n) is 7.75. The Balaban J connectivity index is 0.000000409. The Morgan fingerprint density at radius 1 is 0.696 bits per heavy atom. The van der Waals surface area contributed by atoms with Gasteiger partial charge in [0.25, 0.3) is 0 Å². The van der Waals surface area contributed by atoms with Crippen LogP contribution in [0, 0.1) is 0 Å². The minimum atomic E-state index is 0.110. The van der Waals surface area contributed by atoms with Crippen LogP contribution in [0.2, 0.25) is 0 Å². The van der Waals surface area contributed by atoms with Crippen LogP contribution in [0.3, 0.4) is 0 Å². The van der Waals surface area contributed by atoms with Gasteiger partial charge >= 0.3 is 0 Å². The molecule has 0 bridgehead atoms. The SMILES string of the molecule is COc1ccc(C=O)cc1.COc1ccc(CN(Cc2ccc(OC)cc2)C(=O)CCN[C@H](C)c2cccc3ccccc23)cc1. The van der Waals surface area contributed by atoms with E-state index in [1.807, 2.05) is 53.4 Å². The van der Waals surface area contributed by atoms with Crippen molar-refractivity contribution >= 4 is 23.0 Å². The molecule has 0 saturated carbocycles. The Kier molecular flexibility index (Phi) is 12.7. The van der Waals surface area contributed by atoms with Gasteiger partial charge in [0, 0.05) is 37.7 Å². The average Bonchev–Trinajstić information content (AvgIpc) is 3.11. The summed E-state index contributed by atoms with van der Waals surface area (Å²) in [5.41, 5.74) is 4.04. The molecule has 0 spiro atoms. The van der Waals surface area contributed by atoms with Crippen molar-refractivity contribution in [2.24, 2.45) is 0 Å². The maximum atomic E-state index is 13.4. The van der Waals surface area contributed by atoms with E-state index in [0.717, 1.165) is 34.7 Å². The number of benzene rings is 5. The number of hydrogen-bond acceptors (Lipinski definition) is 6. The van der Waals surface area contributed by atoms with Gasteiger partial charge in [-0.05, 0) is 82.9 Å².